The normalized spacial score (nSPS) is 15.5. The van der Waals surface area contributed by atoms with E-state index in [4.69, 9.17) is 4.74 Å². The molecule has 144 valence electrons. The highest BCUT2D eigenvalue weighted by Gasteiger charge is 2.27. The predicted molar refractivity (Wildman–Crippen MR) is 103 cm³/mol. The average molecular weight is 388 g/mol. The van der Waals surface area contributed by atoms with E-state index in [2.05, 4.69) is 5.32 Å². The molecule has 6 nitrogen and oxygen atoms in total. The summed E-state index contributed by atoms with van der Waals surface area (Å²) in [5.41, 5.74) is 3.23. The van der Waals surface area contributed by atoms with Gasteiger partial charge in [0.2, 0.25) is 10.0 Å². The van der Waals surface area contributed by atoms with Crippen molar-refractivity contribution in [1.82, 2.24) is 9.62 Å². The molecule has 3 rings (SSSR count). The third kappa shape index (κ3) is 4.37. The van der Waals surface area contributed by atoms with Gasteiger partial charge >= 0.3 is 0 Å². The van der Waals surface area contributed by atoms with Gasteiger partial charge in [-0.2, -0.15) is 4.31 Å². The number of nitrogens with one attached hydrogen (secondary N) is 1. The number of sulfonamides is 1. The molecule has 0 saturated carbocycles. The zero-order valence-corrected chi connectivity index (χ0v) is 16.4. The third-order valence-corrected chi connectivity index (χ3v) is 6.66. The minimum absolute atomic E-state index is 0.135. The smallest absolute Gasteiger partial charge is 0.251 e. The van der Waals surface area contributed by atoms with E-state index in [1.807, 2.05) is 31.2 Å². The molecule has 0 aliphatic carbocycles. The first kappa shape index (κ1) is 19.5. The largest absolute Gasteiger partial charge is 0.379 e. The molecule has 0 atom stereocenters. The number of morpholine rings is 1. The van der Waals surface area contributed by atoms with Crippen LogP contribution in [0.4, 0.5) is 0 Å². The van der Waals surface area contributed by atoms with Crippen LogP contribution >= 0.6 is 0 Å². The number of nitrogens with zero attached hydrogens (tertiary/aromatic N) is 1. The van der Waals surface area contributed by atoms with Crippen molar-refractivity contribution >= 4 is 15.9 Å². The summed E-state index contributed by atoms with van der Waals surface area (Å²) in [7, 11) is -3.64. The average Bonchev–Trinajstić information content (AvgIpc) is 2.68. The predicted octanol–water partition coefficient (Wildman–Crippen LogP) is 2.25. The van der Waals surface area contributed by atoms with Crippen LogP contribution in [0, 0.1) is 13.8 Å². The summed E-state index contributed by atoms with van der Waals surface area (Å²) in [6, 6.07) is 12.5. The SMILES string of the molecule is Cc1ccccc1CNC(=O)c1cc(S(=O)(=O)N2CCOCC2)ccc1C. The Kier molecular flexibility index (Phi) is 5.94. The molecule has 0 spiro atoms. The van der Waals surface area contributed by atoms with Gasteiger partial charge in [0.25, 0.3) is 5.91 Å². The topological polar surface area (TPSA) is 75.7 Å². The Morgan fingerprint density at radius 2 is 1.78 bits per heavy atom. The summed E-state index contributed by atoms with van der Waals surface area (Å²) in [5, 5.41) is 2.89. The third-order valence-electron chi connectivity index (χ3n) is 4.76. The van der Waals surface area contributed by atoms with Gasteiger partial charge in [-0.05, 0) is 42.7 Å². The second-order valence-electron chi connectivity index (χ2n) is 6.60. The molecule has 0 bridgehead atoms. The van der Waals surface area contributed by atoms with E-state index in [1.165, 1.54) is 10.4 Å². The molecule has 7 heteroatoms. The molecule has 2 aromatic carbocycles. The number of amides is 1. The Morgan fingerprint density at radius 1 is 1.07 bits per heavy atom. The van der Waals surface area contributed by atoms with Crippen LogP contribution in [0.5, 0.6) is 0 Å². The minimum atomic E-state index is -3.64. The second kappa shape index (κ2) is 8.21. The van der Waals surface area contributed by atoms with Crippen LogP contribution in [0.3, 0.4) is 0 Å². The van der Waals surface area contributed by atoms with Gasteiger partial charge in [0.15, 0.2) is 0 Å². The molecule has 1 saturated heterocycles. The van der Waals surface area contributed by atoms with E-state index in [0.29, 0.717) is 38.4 Å². The van der Waals surface area contributed by atoms with Crippen molar-refractivity contribution in [2.24, 2.45) is 0 Å². The Bertz CT molecular complexity index is 935. The lowest BCUT2D eigenvalue weighted by Crippen LogP contribution is -2.40. The Balaban J connectivity index is 1.80. The van der Waals surface area contributed by atoms with E-state index in [0.717, 1.165) is 16.7 Å². The maximum Gasteiger partial charge on any atom is 0.251 e. The fourth-order valence-corrected chi connectivity index (χ4v) is 4.46. The molecule has 1 amide bonds. The summed E-state index contributed by atoms with van der Waals surface area (Å²) in [6.45, 7) is 5.60. The fraction of sp³-hybridized carbons (Fsp3) is 0.350. The number of carbonyl (C=O) groups excluding carboxylic acids is 1. The first-order chi connectivity index (χ1) is 12.9. The lowest BCUT2D eigenvalue weighted by Gasteiger charge is -2.26. The van der Waals surface area contributed by atoms with Gasteiger partial charge in [0.1, 0.15) is 0 Å². The van der Waals surface area contributed by atoms with Crippen LogP contribution in [0.2, 0.25) is 0 Å². The maximum absolute atomic E-state index is 12.8. The molecular formula is C20H24N2O4S. The van der Waals surface area contributed by atoms with Gasteiger partial charge in [0.05, 0.1) is 18.1 Å². The second-order valence-corrected chi connectivity index (χ2v) is 8.54. The number of aryl methyl sites for hydroxylation is 2. The molecule has 2 aromatic rings. The van der Waals surface area contributed by atoms with Crippen molar-refractivity contribution in [3.05, 3.63) is 64.7 Å². The zero-order valence-electron chi connectivity index (χ0n) is 15.6. The molecule has 1 aliphatic rings. The number of hydrogen-bond acceptors (Lipinski definition) is 4. The van der Waals surface area contributed by atoms with Crippen LogP contribution < -0.4 is 5.32 Å². The molecule has 1 N–H and O–H groups in total. The van der Waals surface area contributed by atoms with Gasteiger partial charge in [-0.15, -0.1) is 0 Å². The Morgan fingerprint density at radius 3 is 2.48 bits per heavy atom. The van der Waals surface area contributed by atoms with Crippen LogP contribution in [0.25, 0.3) is 0 Å². The van der Waals surface area contributed by atoms with Crippen LogP contribution in [-0.4, -0.2) is 44.9 Å². The lowest BCUT2D eigenvalue weighted by atomic mass is 10.1. The van der Waals surface area contributed by atoms with Gasteiger partial charge in [-0.3, -0.25) is 4.79 Å². The monoisotopic (exact) mass is 388 g/mol. The number of carbonyl (C=O) groups is 1. The van der Waals surface area contributed by atoms with Crippen molar-refractivity contribution in [2.45, 2.75) is 25.3 Å². The number of rotatable bonds is 5. The standard InChI is InChI=1S/C20H24N2O4S/c1-15-5-3-4-6-17(15)14-21-20(23)19-13-18(8-7-16(19)2)27(24,25)22-9-11-26-12-10-22/h3-8,13H,9-12,14H2,1-2H3,(H,21,23). The first-order valence-corrected chi connectivity index (χ1v) is 10.3. The highest BCUT2D eigenvalue weighted by atomic mass is 32.2. The minimum Gasteiger partial charge on any atom is -0.379 e. The van der Waals surface area contributed by atoms with Gasteiger partial charge in [-0.25, -0.2) is 8.42 Å². The zero-order chi connectivity index (χ0) is 19.4. The summed E-state index contributed by atoms with van der Waals surface area (Å²) in [6.07, 6.45) is 0. The van der Waals surface area contributed by atoms with Gasteiger partial charge < -0.3 is 10.1 Å². The lowest BCUT2D eigenvalue weighted by molar-refractivity contribution is 0.0730. The van der Waals surface area contributed by atoms with Crippen molar-refractivity contribution in [3.63, 3.8) is 0 Å². The van der Waals surface area contributed by atoms with Gasteiger partial charge in [-0.1, -0.05) is 30.3 Å². The van der Waals surface area contributed by atoms with E-state index >= 15 is 0 Å². The van der Waals surface area contributed by atoms with E-state index in [9.17, 15) is 13.2 Å². The quantitative estimate of drug-likeness (QED) is 0.852. The van der Waals surface area contributed by atoms with Crippen LogP contribution in [-0.2, 0) is 21.3 Å². The molecule has 0 radical (unpaired) electrons. The fourth-order valence-electron chi connectivity index (χ4n) is 3.02. The molecule has 1 heterocycles. The van der Waals surface area contributed by atoms with Crippen LogP contribution in [0.15, 0.2) is 47.4 Å². The van der Waals surface area contributed by atoms with E-state index < -0.39 is 10.0 Å². The number of benzene rings is 2. The maximum atomic E-state index is 12.8. The summed E-state index contributed by atoms with van der Waals surface area (Å²) >= 11 is 0. The van der Waals surface area contributed by atoms with E-state index in [1.54, 1.807) is 19.1 Å². The molecule has 0 unspecified atom stereocenters. The number of ether oxygens (including phenoxy) is 1. The van der Waals surface area contributed by atoms with E-state index in [-0.39, 0.29) is 10.8 Å². The Labute approximate surface area is 160 Å². The molecule has 1 fully saturated rings. The summed E-state index contributed by atoms with van der Waals surface area (Å²) in [4.78, 5) is 12.8. The summed E-state index contributed by atoms with van der Waals surface area (Å²) in [5.74, 6) is -0.283. The molecular weight excluding hydrogens is 364 g/mol. The van der Waals surface area contributed by atoms with Crippen LogP contribution in [0.1, 0.15) is 27.0 Å². The van der Waals surface area contributed by atoms with Crippen molar-refractivity contribution in [2.75, 3.05) is 26.3 Å². The first-order valence-electron chi connectivity index (χ1n) is 8.91. The molecule has 27 heavy (non-hydrogen) atoms. The summed E-state index contributed by atoms with van der Waals surface area (Å²) < 4.78 is 32.3. The van der Waals surface area contributed by atoms with Crippen molar-refractivity contribution < 1.29 is 17.9 Å². The highest BCUT2D eigenvalue weighted by molar-refractivity contribution is 7.89. The highest BCUT2D eigenvalue weighted by Crippen LogP contribution is 2.21. The van der Waals surface area contributed by atoms with Crippen molar-refractivity contribution in [3.8, 4) is 0 Å². The van der Waals surface area contributed by atoms with Crippen molar-refractivity contribution in [1.29, 1.82) is 0 Å². The number of hydrogen-bond donors (Lipinski definition) is 1. The molecule has 1 aliphatic heterocycles. The molecule has 0 aromatic heterocycles. The Hall–Kier alpha value is -2.22. The van der Waals surface area contributed by atoms with Gasteiger partial charge in [0, 0.05) is 25.2 Å².